The van der Waals surface area contributed by atoms with Gasteiger partial charge < -0.3 is 10.4 Å². The molecule has 39 heavy (non-hydrogen) atoms. The molecule has 0 aliphatic carbocycles. The van der Waals surface area contributed by atoms with Gasteiger partial charge in [-0.3, -0.25) is 4.31 Å². The third-order valence-electron chi connectivity index (χ3n) is 6.51. The fraction of sp³-hybridized carbons (Fsp3) is 0.222. The monoisotopic (exact) mass is 582 g/mol. The number of amides is 1. The summed E-state index contributed by atoms with van der Waals surface area (Å²) in [5.41, 5.74) is 0.601. The Morgan fingerprint density at radius 1 is 1.13 bits per heavy atom. The third-order valence-corrected chi connectivity index (χ3v) is 8.72. The summed E-state index contributed by atoms with van der Waals surface area (Å²) in [5.74, 6) is -0.542. The maximum Gasteiger partial charge on any atom is 0.416 e. The van der Waals surface area contributed by atoms with Gasteiger partial charge >= 0.3 is 12.3 Å². The highest BCUT2D eigenvalue weighted by molar-refractivity contribution is 7.92. The van der Waals surface area contributed by atoms with Gasteiger partial charge in [-0.25, -0.2) is 17.6 Å². The number of fused-ring (bicyclic) bond motifs is 1. The molecular weight excluding hydrogens is 560 g/mol. The van der Waals surface area contributed by atoms with Gasteiger partial charge in [-0.1, -0.05) is 41.9 Å². The van der Waals surface area contributed by atoms with Crippen LogP contribution < -0.4 is 9.62 Å². The van der Waals surface area contributed by atoms with Gasteiger partial charge in [-0.05, 0) is 73.4 Å². The molecule has 0 saturated carbocycles. The minimum atomic E-state index is -4.77. The SMILES string of the molecule is CC(=Cc1ccc2c(c1)N(S(=O)(=O)c1cccc(C(F)(F)F)c1)[C@H](C)[C@H](NC(=O)O)C2)c1c(F)cccc1Cl. The quantitative estimate of drug-likeness (QED) is 0.255. The predicted octanol–water partition coefficient (Wildman–Crippen LogP) is 6.83. The lowest BCUT2D eigenvalue weighted by Gasteiger charge is -2.41. The van der Waals surface area contributed by atoms with E-state index in [2.05, 4.69) is 5.32 Å². The largest absolute Gasteiger partial charge is 0.465 e. The molecule has 0 spiro atoms. The van der Waals surface area contributed by atoms with E-state index >= 15 is 0 Å². The van der Waals surface area contributed by atoms with Gasteiger partial charge in [0.1, 0.15) is 5.82 Å². The number of sulfonamides is 1. The summed E-state index contributed by atoms with van der Waals surface area (Å²) in [6.45, 7) is 3.11. The van der Waals surface area contributed by atoms with Crippen LogP contribution in [0.3, 0.4) is 0 Å². The fourth-order valence-electron chi connectivity index (χ4n) is 4.66. The van der Waals surface area contributed by atoms with E-state index in [-0.39, 0.29) is 22.7 Å². The van der Waals surface area contributed by atoms with Crippen molar-refractivity contribution in [3.05, 3.63) is 93.8 Å². The summed E-state index contributed by atoms with van der Waals surface area (Å²) in [6, 6.07) is 10.5. The first-order valence-electron chi connectivity index (χ1n) is 11.7. The zero-order chi connectivity index (χ0) is 28.7. The van der Waals surface area contributed by atoms with Crippen LogP contribution in [0.2, 0.25) is 5.02 Å². The molecule has 1 amide bonds. The Balaban J connectivity index is 1.86. The van der Waals surface area contributed by atoms with Crippen LogP contribution in [0.4, 0.5) is 28.0 Å². The standard InChI is InChI=1S/C27H23ClF4N2O4S/c1-15(25-21(28)7-4-8-22(25)29)11-17-9-10-18-13-23(33-26(35)36)16(2)34(24(18)12-17)39(37,38)20-6-3-5-19(14-20)27(30,31)32/h3-12,14,16,23,33H,13H2,1-2H3,(H,35,36)/t16-,23-/m1/s1. The van der Waals surface area contributed by atoms with E-state index in [9.17, 15) is 35.9 Å². The molecule has 0 saturated heterocycles. The van der Waals surface area contributed by atoms with Gasteiger partial charge in [-0.15, -0.1) is 0 Å². The van der Waals surface area contributed by atoms with Gasteiger partial charge in [0, 0.05) is 5.56 Å². The molecule has 1 aliphatic rings. The van der Waals surface area contributed by atoms with Crippen molar-refractivity contribution >= 4 is 45.1 Å². The number of rotatable bonds is 5. The highest BCUT2D eigenvalue weighted by atomic mass is 35.5. The van der Waals surface area contributed by atoms with E-state index in [1.807, 2.05) is 0 Å². The first kappa shape index (κ1) is 28.4. The Labute approximate surface area is 227 Å². The second kappa shape index (κ2) is 10.5. The first-order chi connectivity index (χ1) is 18.2. The van der Waals surface area contributed by atoms with E-state index in [1.165, 1.54) is 31.2 Å². The van der Waals surface area contributed by atoms with Crippen molar-refractivity contribution in [1.29, 1.82) is 0 Å². The number of carboxylic acid groups (broad SMARTS) is 1. The third kappa shape index (κ3) is 5.74. The van der Waals surface area contributed by atoms with E-state index in [0.29, 0.717) is 22.8 Å². The number of nitrogens with zero attached hydrogens (tertiary/aromatic N) is 1. The Morgan fingerprint density at radius 3 is 2.46 bits per heavy atom. The van der Waals surface area contributed by atoms with E-state index < -0.39 is 50.7 Å². The molecule has 0 aromatic heterocycles. The molecule has 12 heteroatoms. The van der Waals surface area contributed by atoms with Crippen molar-refractivity contribution in [2.75, 3.05) is 4.31 Å². The molecule has 0 unspecified atom stereocenters. The number of benzene rings is 3. The highest BCUT2D eigenvalue weighted by Crippen LogP contribution is 2.39. The summed E-state index contributed by atoms with van der Waals surface area (Å²) in [5, 5.41) is 11.8. The number of nitrogens with one attached hydrogen (secondary N) is 1. The zero-order valence-corrected chi connectivity index (χ0v) is 22.2. The first-order valence-corrected chi connectivity index (χ1v) is 13.5. The van der Waals surface area contributed by atoms with Crippen molar-refractivity contribution in [2.45, 2.75) is 43.4 Å². The van der Waals surface area contributed by atoms with E-state index in [1.54, 1.807) is 25.1 Å². The molecule has 0 fully saturated rings. The average Bonchev–Trinajstić information content (AvgIpc) is 2.83. The minimum Gasteiger partial charge on any atom is -0.465 e. The van der Waals surface area contributed by atoms with Crippen molar-refractivity contribution < 1.29 is 35.9 Å². The number of anilines is 1. The van der Waals surface area contributed by atoms with E-state index in [0.717, 1.165) is 22.5 Å². The van der Waals surface area contributed by atoms with Crippen LogP contribution in [-0.2, 0) is 22.6 Å². The predicted molar refractivity (Wildman–Crippen MR) is 141 cm³/mol. The van der Waals surface area contributed by atoms with Crippen LogP contribution >= 0.6 is 11.6 Å². The zero-order valence-electron chi connectivity index (χ0n) is 20.6. The van der Waals surface area contributed by atoms with Crippen LogP contribution in [0.1, 0.15) is 36.1 Å². The molecule has 3 aromatic rings. The molecule has 3 aromatic carbocycles. The number of alkyl halides is 3. The number of halogens is 5. The second-order valence-electron chi connectivity index (χ2n) is 9.14. The topological polar surface area (TPSA) is 86.7 Å². The van der Waals surface area contributed by atoms with Crippen LogP contribution in [0.15, 0.2) is 65.6 Å². The fourth-order valence-corrected chi connectivity index (χ4v) is 6.74. The summed E-state index contributed by atoms with van der Waals surface area (Å²) < 4.78 is 83.1. The smallest absolute Gasteiger partial charge is 0.416 e. The Morgan fingerprint density at radius 2 is 1.82 bits per heavy atom. The Kier molecular flexibility index (Phi) is 7.68. The second-order valence-corrected chi connectivity index (χ2v) is 11.4. The van der Waals surface area contributed by atoms with Gasteiger partial charge in [0.25, 0.3) is 10.0 Å². The van der Waals surface area contributed by atoms with Crippen molar-refractivity contribution in [3.8, 4) is 0 Å². The molecule has 206 valence electrons. The molecule has 1 heterocycles. The van der Waals surface area contributed by atoms with E-state index in [4.69, 9.17) is 11.6 Å². The highest BCUT2D eigenvalue weighted by Gasteiger charge is 2.41. The molecule has 0 bridgehead atoms. The number of allylic oxidation sites excluding steroid dienone is 1. The number of hydrogen-bond donors (Lipinski definition) is 2. The van der Waals surface area contributed by atoms with Crippen molar-refractivity contribution in [1.82, 2.24) is 5.32 Å². The molecule has 4 rings (SSSR count). The number of hydrogen-bond acceptors (Lipinski definition) is 3. The summed E-state index contributed by atoms with van der Waals surface area (Å²) in [4.78, 5) is 10.8. The lowest BCUT2D eigenvalue weighted by Crippen LogP contribution is -2.56. The Hall–Kier alpha value is -3.57. The molecule has 2 atom stereocenters. The maximum absolute atomic E-state index is 14.5. The van der Waals surface area contributed by atoms with Crippen LogP contribution in [-0.4, -0.2) is 31.7 Å². The van der Waals surface area contributed by atoms with Crippen molar-refractivity contribution in [3.63, 3.8) is 0 Å². The van der Waals surface area contributed by atoms with Crippen LogP contribution in [0.5, 0.6) is 0 Å². The van der Waals surface area contributed by atoms with Gasteiger partial charge in [0.15, 0.2) is 0 Å². The lowest BCUT2D eigenvalue weighted by atomic mass is 9.92. The lowest BCUT2D eigenvalue weighted by molar-refractivity contribution is -0.137. The summed E-state index contributed by atoms with van der Waals surface area (Å²) in [6.07, 6.45) is -4.40. The van der Waals surface area contributed by atoms with Crippen LogP contribution in [0.25, 0.3) is 11.6 Å². The Bertz CT molecular complexity index is 1550. The molecule has 0 radical (unpaired) electrons. The van der Waals surface area contributed by atoms with Crippen molar-refractivity contribution in [2.24, 2.45) is 0 Å². The molecule has 6 nitrogen and oxygen atoms in total. The van der Waals surface area contributed by atoms with Gasteiger partial charge in [-0.2, -0.15) is 13.2 Å². The van der Waals surface area contributed by atoms with Gasteiger partial charge in [0.2, 0.25) is 0 Å². The maximum atomic E-state index is 14.5. The summed E-state index contributed by atoms with van der Waals surface area (Å²) >= 11 is 6.17. The number of carbonyl (C=O) groups is 1. The normalized spacial score (nSPS) is 18.0. The summed E-state index contributed by atoms with van der Waals surface area (Å²) in [7, 11) is -4.59. The van der Waals surface area contributed by atoms with Gasteiger partial charge in [0.05, 0.1) is 33.3 Å². The minimum absolute atomic E-state index is 0.138. The average molecular weight is 583 g/mol. The van der Waals surface area contributed by atoms with Crippen LogP contribution in [0, 0.1) is 5.82 Å². The molecular formula is C27H23ClF4N2O4S. The molecule has 1 aliphatic heterocycles. The molecule has 2 N–H and O–H groups in total.